The summed E-state index contributed by atoms with van der Waals surface area (Å²) in [5.41, 5.74) is 10.3. The average Bonchev–Trinajstić information content (AvgIpc) is 3.01. The Hall–Kier alpha value is -3.85. The minimum absolute atomic E-state index is 0.101. The number of hydrogen-bond donors (Lipinski definition) is 0. The summed E-state index contributed by atoms with van der Waals surface area (Å²) >= 11 is 0. The Labute approximate surface area is 238 Å². The van der Waals surface area contributed by atoms with Crippen LogP contribution in [0.4, 0.5) is 0 Å². The van der Waals surface area contributed by atoms with E-state index in [1.54, 1.807) is 12.4 Å². The summed E-state index contributed by atoms with van der Waals surface area (Å²) in [4.78, 5) is 21.9. The molecule has 0 aliphatic heterocycles. The van der Waals surface area contributed by atoms with Crippen molar-refractivity contribution in [2.24, 2.45) is 5.92 Å². The highest BCUT2D eigenvalue weighted by molar-refractivity contribution is 6.29. The number of ketones is 1. The van der Waals surface area contributed by atoms with Crippen molar-refractivity contribution in [3.63, 3.8) is 0 Å². The molecule has 6 rings (SSSR count). The van der Waals surface area contributed by atoms with Gasteiger partial charge in [-0.05, 0) is 76.6 Å². The number of rotatable bonds is 8. The molecule has 0 bridgehead atoms. The predicted molar refractivity (Wildman–Crippen MR) is 164 cm³/mol. The van der Waals surface area contributed by atoms with Crippen LogP contribution in [0.3, 0.4) is 0 Å². The molecule has 1 aromatic heterocycles. The van der Waals surface area contributed by atoms with Crippen molar-refractivity contribution in [1.82, 2.24) is 9.97 Å². The van der Waals surface area contributed by atoms with Gasteiger partial charge >= 0.3 is 0 Å². The third kappa shape index (κ3) is 5.84. The molecule has 0 saturated heterocycles. The number of carbonyl (C=O) groups is 1. The smallest absolute Gasteiger partial charge is 0.170 e. The number of carbonyl (C=O) groups excluding carboxylic acids is 1. The van der Waals surface area contributed by atoms with Crippen molar-refractivity contribution in [1.29, 1.82) is 0 Å². The Kier molecular flexibility index (Phi) is 7.99. The van der Waals surface area contributed by atoms with E-state index in [1.165, 1.54) is 67.1 Å². The third-order valence-corrected chi connectivity index (χ3v) is 8.88. The van der Waals surface area contributed by atoms with Crippen molar-refractivity contribution in [3.05, 3.63) is 119 Å². The van der Waals surface area contributed by atoms with E-state index in [0.29, 0.717) is 0 Å². The molecule has 1 unspecified atom stereocenters. The summed E-state index contributed by atoms with van der Waals surface area (Å²) in [6.07, 6.45) is 18.3. The molecular weight excluding hydrogens is 488 g/mol. The van der Waals surface area contributed by atoms with Gasteiger partial charge in [-0.25, -0.2) is 9.97 Å². The van der Waals surface area contributed by atoms with E-state index < -0.39 is 0 Å². The van der Waals surface area contributed by atoms with Crippen LogP contribution in [-0.4, -0.2) is 15.8 Å². The highest BCUT2D eigenvalue weighted by atomic mass is 16.1. The lowest BCUT2D eigenvalue weighted by Gasteiger charge is -2.25. The Bertz CT molecular complexity index is 1480. The Morgan fingerprint density at radius 2 is 1.38 bits per heavy atom. The van der Waals surface area contributed by atoms with Crippen LogP contribution >= 0.6 is 0 Å². The van der Waals surface area contributed by atoms with Gasteiger partial charge in [0.05, 0.1) is 0 Å². The maximum Gasteiger partial charge on any atom is 0.170 e. The van der Waals surface area contributed by atoms with Gasteiger partial charge in [0.25, 0.3) is 0 Å². The fourth-order valence-electron chi connectivity index (χ4n) is 6.55. The van der Waals surface area contributed by atoms with Crippen molar-refractivity contribution >= 4 is 17.4 Å². The second kappa shape index (κ2) is 12.1. The summed E-state index contributed by atoms with van der Waals surface area (Å²) in [5.74, 6) is 0.996. The molecule has 0 radical (unpaired) electrons. The molecular formula is C37H38N2O. The summed E-state index contributed by atoms with van der Waals surface area (Å²) in [5, 5.41) is 0. The van der Waals surface area contributed by atoms with Gasteiger partial charge in [0.15, 0.2) is 5.78 Å². The molecule has 4 aromatic rings. The molecule has 1 saturated carbocycles. The first-order valence-electron chi connectivity index (χ1n) is 15.0. The summed E-state index contributed by atoms with van der Waals surface area (Å²) < 4.78 is 0. The van der Waals surface area contributed by atoms with Crippen LogP contribution in [0.5, 0.6) is 0 Å². The minimum atomic E-state index is -0.101. The normalized spacial score (nSPS) is 17.4. The van der Waals surface area contributed by atoms with Gasteiger partial charge in [-0.1, -0.05) is 106 Å². The van der Waals surface area contributed by atoms with Gasteiger partial charge in [-0.2, -0.15) is 0 Å². The van der Waals surface area contributed by atoms with Crippen LogP contribution in [0.15, 0.2) is 85.5 Å². The van der Waals surface area contributed by atoms with Gasteiger partial charge in [0.1, 0.15) is 6.33 Å². The number of aromatic nitrogens is 2. The van der Waals surface area contributed by atoms with Crippen LogP contribution in [0.1, 0.15) is 84.7 Å². The summed E-state index contributed by atoms with van der Waals surface area (Å²) in [7, 11) is 0. The molecule has 0 spiro atoms. The highest BCUT2D eigenvalue weighted by Crippen LogP contribution is 2.38. The van der Waals surface area contributed by atoms with Gasteiger partial charge in [0, 0.05) is 29.4 Å². The number of nitrogens with zero attached hydrogens (tertiary/aromatic N) is 2. The zero-order valence-electron chi connectivity index (χ0n) is 23.5. The Balaban J connectivity index is 1.15. The number of Topliss-reactive ketones (excluding diaryl/α,β-unsaturated/α-hetero) is 1. The number of fused-ring (bicyclic) bond motifs is 1. The Morgan fingerprint density at radius 3 is 2.10 bits per heavy atom. The van der Waals surface area contributed by atoms with Crippen LogP contribution < -0.4 is 0 Å². The molecule has 3 heteroatoms. The summed E-state index contributed by atoms with van der Waals surface area (Å²) in [6.45, 7) is 2.12. The van der Waals surface area contributed by atoms with Gasteiger partial charge in [-0.15, -0.1) is 0 Å². The van der Waals surface area contributed by atoms with E-state index in [0.717, 1.165) is 53.0 Å². The predicted octanol–water partition coefficient (Wildman–Crippen LogP) is 8.67. The molecule has 40 heavy (non-hydrogen) atoms. The van der Waals surface area contributed by atoms with Crippen molar-refractivity contribution in [2.75, 3.05) is 0 Å². The molecule has 2 aliphatic carbocycles. The zero-order chi connectivity index (χ0) is 27.3. The molecule has 0 N–H and O–H groups in total. The molecule has 2 aliphatic rings. The van der Waals surface area contributed by atoms with Gasteiger partial charge in [-0.3, -0.25) is 4.79 Å². The fourth-order valence-corrected chi connectivity index (χ4v) is 6.55. The maximum absolute atomic E-state index is 13.7. The van der Waals surface area contributed by atoms with E-state index in [1.807, 2.05) is 24.3 Å². The highest BCUT2D eigenvalue weighted by Gasteiger charge is 2.29. The maximum atomic E-state index is 13.7. The lowest BCUT2D eigenvalue weighted by atomic mass is 9.77. The summed E-state index contributed by atoms with van der Waals surface area (Å²) in [6, 6.07) is 24.2. The first kappa shape index (κ1) is 26.4. The first-order valence-corrected chi connectivity index (χ1v) is 15.0. The van der Waals surface area contributed by atoms with Crippen LogP contribution in [-0.2, 0) is 24.1 Å². The lowest BCUT2D eigenvalue weighted by Crippen LogP contribution is -2.19. The topological polar surface area (TPSA) is 42.9 Å². The monoisotopic (exact) mass is 526 g/mol. The van der Waals surface area contributed by atoms with Crippen LogP contribution in [0, 0.1) is 5.92 Å². The van der Waals surface area contributed by atoms with Crippen LogP contribution in [0.2, 0.25) is 0 Å². The lowest BCUT2D eigenvalue weighted by molar-refractivity contribution is -0.115. The number of benzene rings is 3. The van der Waals surface area contributed by atoms with Crippen molar-refractivity contribution in [2.45, 2.75) is 70.6 Å². The van der Waals surface area contributed by atoms with Gasteiger partial charge in [0.2, 0.25) is 0 Å². The SMILES string of the molecule is CCC1C(=O)C(c2ccc(-c3cncnc3)cc2)=Cc2ccc(CCc3ccc(CC4CCCCC4)cc3)cc21. The largest absolute Gasteiger partial charge is 0.293 e. The quantitative estimate of drug-likeness (QED) is 0.231. The molecule has 0 amide bonds. The third-order valence-electron chi connectivity index (χ3n) is 8.88. The van der Waals surface area contributed by atoms with Crippen molar-refractivity contribution in [3.8, 4) is 11.1 Å². The number of allylic oxidation sites excluding steroid dienone is 1. The second-order valence-electron chi connectivity index (χ2n) is 11.6. The van der Waals surface area contributed by atoms with E-state index in [4.69, 9.17) is 0 Å². The van der Waals surface area contributed by atoms with E-state index in [9.17, 15) is 4.79 Å². The number of aryl methyl sites for hydroxylation is 2. The molecule has 1 fully saturated rings. The Morgan fingerprint density at radius 1 is 0.725 bits per heavy atom. The van der Waals surface area contributed by atoms with Gasteiger partial charge < -0.3 is 0 Å². The number of hydrogen-bond acceptors (Lipinski definition) is 3. The van der Waals surface area contributed by atoms with E-state index in [-0.39, 0.29) is 11.7 Å². The second-order valence-corrected chi connectivity index (χ2v) is 11.6. The first-order chi connectivity index (χ1) is 19.7. The van der Waals surface area contributed by atoms with Crippen LogP contribution in [0.25, 0.3) is 22.8 Å². The zero-order valence-corrected chi connectivity index (χ0v) is 23.5. The molecule has 3 aromatic carbocycles. The van der Waals surface area contributed by atoms with E-state index >= 15 is 0 Å². The van der Waals surface area contributed by atoms with Crippen molar-refractivity contribution < 1.29 is 4.79 Å². The molecule has 1 atom stereocenters. The molecule has 202 valence electrons. The minimum Gasteiger partial charge on any atom is -0.293 e. The average molecular weight is 527 g/mol. The molecule has 3 nitrogen and oxygen atoms in total. The molecule has 1 heterocycles. The standard InChI is InChI=1S/C37H38N2O/c1-2-34-35-21-29(13-10-26-8-11-28(12-9-26)20-27-6-4-3-5-7-27)14-15-32(35)22-36(37(34)40)31-18-16-30(17-19-31)33-23-38-25-39-24-33/h8-9,11-12,14-19,21-25,27,34H,2-7,10,13,20H2,1H3. The van der Waals surface area contributed by atoms with E-state index in [2.05, 4.69) is 65.4 Å². The fraction of sp³-hybridized carbons (Fsp3) is 0.324.